The zero-order valence-corrected chi connectivity index (χ0v) is 12.1. The minimum absolute atomic E-state index is 0.242. The van der Waals surface area contributed by atoms with Gasteiger partial charge in [0.1, 0.15) is 5.41 Å². The topological polar surface area (TPSA) is 58.2 Å². The summed E-state index contributed by atoms with van der Waals surface area (Å²) in [6, 6.07) is 5.29. The Morgan fingerprint density at radius 2 is 2.10 bits per heavy atom. The molecule has 0 aromatic heterocycles. The van der Waals surface area contributed by atoms with Gasteiger partial charge in [-0.25, -0.2) is 0 Å². The van der Waals surface area contributed by atoms with Crippen LogP contribution in [-0.2, 0) is 9.59 Å². The van der Waals surface area contributed by atoms with E-state index in [1.54, 1.807) is 18.2 Å². The van der Waals surface area contributed by atoms with E-state index < -0.39 is 5.41 Å². The predicted molar refractivity (Wildman–Crippen MR) is 79.7 cm³/mol. The van der Waals surface area contributed by atoms with Crippen LogP contribution in [0.25, 0.3) is 0 Å². The van der Waals surface area contributed by atoms with Crippen molar-refractivity contribution < 1.29 is 9.59 Å². The summed E-state index contributed by atoms with van der Waals surface area (Å²) >= 11 is 6.02. The van der Waals surface area contributed by atoms with E-state index in [0.717, 1.165) is 5.56 Å². The molecule has 0 spiro atoms. The van der Waals surface area contributed by atoms with Crippen molar-refractivity contribution in [3.8, 4) is 0 Å². The molecule has 0 bridgehead atoms. The van der Waals surface area contributed by atoms with E-state index in [9.17, 15) is 9.59 Å². The van der Waals surface area contributed by atoms with E-state index >= 15 is 0 Å². The van der Waals surface area contributed by atoms with Crippen molar-refractivity contribution >= 4 is 29.1 Å². The number of carbonyl (C=O) groups excluding carboxylic acids is 2. The number of nitrogens with one attached hydrogen (secondary N) is 2. The molecule has 2 amide bonds. The molecule has 2 rings (SSSR count). The monoisotopic (exact) mass is 292 g/mol. The number of benzene rings is 1. The first kappa shape index (κ1) is 14.6. The third kappa shape index (κ3) is 2.85. The fourth-order valence-corrected chi connectivity index (χ4v) is 2.12. The highest BCUT2D eigenvalue weighted by Crippen LogP contribution is 2.46. The molecule has 0 heterocycles. The molecule has 106 valence electrons. The van der Waals surface area contributed by atoms with Crippen LogP contribution >= 0.6 is 11.6 Å². The third-order valence-corrected chi connectivity index (χ3v) is 3.86. The van der Waals surface area contributed by atoms with Gasteiger partial charge in [-0.2, -0.15) is 0 Å². The second-order valence-electron chi connectivity index (χ2n) is 5.00. The fourth-order valence-electron chi connectivity index (χ4n) is 1.94. The van der Waals surface area contributed by atoms with Crippen LogP contribution in [0.4, 0.5) is 5.69 Å². The maximum absolute atomic E-state index is 12.3. The van der Waals surface area contributed by atoms with Gasteiger partial charge in [-0.1, -0.05) is 23.7 Å². The van der Waals surface area contributed by atoms with E-state index in [4.69, 9.17) is 11.6 Å². The zero-order valence-electron chi connectivity index (χ0n) is 11.3. The number of hydrogen-bond acceptors (Lipinski definition) is 2. The van der Waals surface area contributed by atoms with Crippen LogP contribution in [-0.4, -0.2) is 18.4 Å². The van der Waals surface area contributed by atoms with Crippen LogP contribution in [0.2, 0.25) is 5.02 Å². The molecule has 4 nitrogen and oxygen atoms in total. The summed E-state index contributed by atoms with van der Waals surface area (Å²) < 4.78 is 0. The Balaban J connectivity index is 2.06. The van der Waals surface area contributed by atoms with Gasteiger partial charge in [-0.15, -0.1) is 6.58 Å². The summed E-state index contributed by atoms with van der Waals surface area (Å²) in [6.45, 7) is 5.79. The third-order valence-electron chi connectivity index (χ3n) is 3.46. The number of hydrogen-bond donors (Lipinski definition) is 2. The van der Waals surface area contributed by atoms with Gasteiger partial charge in [0.05, 0.1) is 0 Å². The molecule has 1 aromatic carbocycles. The minimum Gasteiger partial charge on any atom is -0.352 e. The average Bonchev–Trinajstić information content (AvgIpc) is 3.22. The first-order valence-corrected chi connectivity index (χ1v) is 6.84. The van der Waals surface area contributed by atoms with Crippen LogP contribution in [0.1, 0.15) is 18.4 Å². The molecule has 5 heteroatoms. The van der Waals surface area contributed by atoms with Crippen LogP contribution in [0.3, 0.4) is 0 Å². The van der Waals surface area contributed by atoms with Crippen molar-refractivity contribution in [2.24, 2.45) is 5.41 Å². The maximum Gasteiger partial charge on any atom is 0.240 e. The van der Waals surface area contributed by atoms with E-state index in [-0.39, 0.29) is 11.8 Å². The smallest absolute Gasteiger partial charge is 0.240 e. The van der Waals surface area contributed by atoms with Crippen molar-refractivity contribution in [1.29, 1.82) is 0 Å². The van der Waals surface area contributed by atoms with Crippen LogP contribution in [0.15, 0.2) is 30.9 Å². The Kier molecular flexibility index (Phi) is 4.14. The van der Waals surface area contributed by atoms with Gasteiger partial charge in [-0.05, 0) is 37.5 Å². The number of halogens is 1. The quantitative estimate of drug-likeness (QED) is 0.647. The van der Waals surface area contributed by atoms with Crippen molar-refractivity contribution in [2.75, 3.05) is 11.9 Å². The summed E-state index contributed by atoms with van der Waals surface area (Å²) in [5.41, 5.74) is 0.614. The molecule has 1 aliphatic carbocycles. The lowest BCUT2D eigenvalue weighted by molar-refractivity contribution is -0.134. The van der Waals surface area contributed by atoms with E-state index in [1.165, 1.54) is 0 Å². The first-order chi connectivity index (χ1) is 9.49. The largest absolute Gasteiger partial charge is 0.352 e. The van der Waals surface area contributed by atoms with Crippen LogP contribution in [0.5, 0.6) is 0 Å². The van der Waals surface area contributed by atoms with Gasteiger partial charge in [-0.3, -0.25) is 9.59 Å². The van der Waals surface area contributed by atoms with E-state index in [1.807, 2.05) is 13.0 Å². The Hall–Kier alpha value is -1.81. The first-order valence-electron chi connectivity index (χ1n) is 6.46. The highest BCUT2D eigenvalue weighted by Gasteiger charge is 2.56. The predicted octanol–water partition coefficient (Wildman–Crippen LogP) is 2.67. The second-order valence-corrected chi connectivity index (χ2v) is 5.41. The lowest BCUT2D eigenvalue weighted by atomic mass is 10.0. The van der Waals surface area contributed by atoms with Gasteiger partial charge in [0, 0.05) is 17.3 Å². The summed E-state index contributed by atoms with van der Waals surface area (Å²) in [5, 5.41) is 6.03. The van der Waals surface area contributed by atoms with E-state index in [0.29, 0.717) is 30.1 Å². The Morgan fingerprint density at radius 3 is 2.65 bits per heavy atom. The normalized spacial score (nSPS) is 15.3. The SMILES string of the molecule is C=CCNC(=O)C1(C(=O)Nc2ccc(C)c(Cl)c2)CC1. The van der Waals surface area contributed by atoms with Crippen molar-refractivity contribution in [3.05, 3.63) is 41.4 Å². The summed E-state index contributed by atoms with van der Waals surface area (Å²) in [5.74, 6) is -0.521. The average molecular weight is 293 g/mol. The Labute approximate surface area is 123 Å². The molecule has 20 heavy (non-hydrogen) atoms. The highest BCUT2D eigenvalue weighted by atomic mass is 35.5. The minimum atomic E-state index is -0.930. The molecule has 1 aliphatic rings. The molecule has 0 aliphatic heterocycles. The van der Waals surface area contributed by atoms with Crippen LogP contribution in [0, 0.1) is 12.3 Å². The molecule has 1 fully saturated rings. The maximum atomic E-state index is 12.3. The zero-order chi connectivity index (χ0) is 14.8. The number of aryl methyl sites for hydroxylation is 1. The Bertz CT molecular complexity index is 565. The van der Waals surface area contributed by atoms with Crippen molar-refractivity contribution in [1.82, 2.24) is 5.32 Å². The lowest BCUT2D eigenvalue weighted by Gasteiger charge is -2.15. The number of amides is 2. The van der Waals surface area contributed by atoms with E-state index in [2.05, 4.69) is 17.2 Å². The molecular weight excluding hydrogens is 276 g/mol. The molecular formula is C15H17ClN2O2. The summed E-state index contributed by atoms with van der Waals surface area (Å²) in [4.78, 5) is 24.2. The van der Waals surface area contributed by atoms with Gasteiger partial charge >= 0.3 is 0 Å². The molecule has 0 radical (unpaired) electrons. The highest BCUT2D eigenvalue weighted by molar-refractivity contribution is 6.31. The van der Waals surface area contributed by atoms with Gasteiger partial charge < -0.3 is 10.6 Å². The lowest BCUT2D eigenvalue weighted by Crippen LogP contribution is -2.40. The van der Waals surface area contributed by atoms with Gasteiger partial charge in [0.2, 0.25) is 11.8 Å². The standard InChI is InChI=1S/C15H17ClN2O2/c1-3-8-17-13(19)15(6-7-15)14(20)18-11-5-4-10(2)12(16)9-11/h3-5,9H,1,6-8H2,2H3,(H,17,19)(H,18,20). The molecule has 0 saturated heterocycles. The van der Waals surface area contributed by atoms with Gasteiger partial charge in [0.15, 0.2) is 0 Å². The van der Waals surface area contributed by atoms with Crippen molar-refractivity contribution in [2.45, 2.75) is 19.8 Å². The number of anilines is 1. The second kappa shape index (κ2) is 5.67. The fraction of sp³-hybridized carbons (Fsp3) is 0.333. The Morgan fingerprint density at radius 1 is 1.40 bits per heavy atom. The van der Waals surface area contributed by atoms with Crippen LogP contribution < -0.4 is 10.6 Å². The van der Waals surface area contributed by atoms with Crippen molar-refractivity contribution in [3.63, 3.8) is 0 Å². The number of carbonyl (C=O) groups is 2. The van der Waals surface area contributed by atoms with Gasteiger partial charge in [0.25, 0.3) is 0 Å². The summed E-state index contributed by atoms with van der Waals surface area (Å²) in [6.07, 6.45) is 2.73. The number of rotatable bonds is 5. The molecule has 1 saturated carbocycles. The summed E-state index contributed by atoms with van der Waals surface area (Å²) in [7, 11) is 0. The molecule has 0 unspecified atom stereocenters. The molecule has 2 N–H and O–H groups in total. The molecule has 0 atom stereocenters. The molecule has 1 aromatic rings.